The normalized spacial score (nSPS) is 13.4. The van der Waals surface area contributed by atoms with E-state index in [-0.39, 0.29) is 53.9 Å². The number of hydrogen-bond donors (Lipinski definition) is 9. The van der Waals surface area contributed by atoms with Gasteiger partial charge in [-0.3, -0.25) is 25.1 Å². The van der Waals surface area contributed by atoms with Gasteiger partial charge < -0.3 is 46.7 Å². The molecule has 0 radical (unpaired) electrons. The van der Waals surface area contributed by atoms with Gasteiger partial charge >= 0.3 is 6.10 Å². The van der Waals surface area contributed by atoms with Gasteiger partial charge in [0.25, 0.3) is 11.8 Å². The van der Waals surface area contributed by atoms with Crippen LogP contribution in [0, 0.1) is 11.3 Å². The van der Waals surface area contributed by atoms with Gasteiger partial charge in [-0.1, -0.05) is 31.0 Å². The maximum absolute atomic E-state index is 12.2. The molecule has 0 saturated heterocycles. The van der Waals surface area contributed by atoms with E-state index >= 15 is 0 Å². The first-order valence-corrected chi connectivity index (χ1v) is 11.7. The number of benzene rings is 1. The highest BCUT2D eigenvalue weighted by atomic mass is 16.7. The molecule has 11 N–H and O–H groups in total. The van der Waals surface area contributed by atoms with Crippen LogP contribution in [0.4, 0.5) is 5.69 Å². The van der Waals surface area contributed by atoms with E-state index in [0.717, 1.165) is 12.0 Å². The third kappa shape index (κ3) is 10.2. The summed E-state index contributed by atoms with van der Waals surface area (Å²) in [6.45, 7) is 2.02. The number of methoxy groups -OCH3 is 1. The van der Waals surface area contributed by atoms with Crippen molar-refractivity contribution in [2.24, 2.45) is 22.4 Å². The molecule has 17 heteroatoms. The number of aliphatic imine (C=N–C) groups is 1. The van der Waals surface area contributed by atoms with Gasteiger partial charge in [0.15, 0.2) is 11.6 Å². The molecule has 40 heavy (non-hydrogen) atoms. The van der Waals surface area contributed by atoms with E-state index in [1.807, 2.05) is 0 Å². The minimum Gasteiger partial charge on any atom is -0.494 e. The zero-order chi connectivity index (χ0) is 29.9. The Morgan fingerprint density at radius 2 is 2.00 bits per heavy atom. The number of nitrogens with two attached hydrogens (primary N) is 2. The van der Waals surface area contributed by atoms with Gasteiger partial charge in [-0.2, -0.15) is 9.98 Å². The van der Waals surface area contributed by atoms with Gasteiger partial charge in [0.2, 0.25) is 12.3 Å². The number of amides is 3. The number of aromatic nitrogens is 2. The first kappa shape index (κ1) is 31.5. The van der Waals surface area contributed by atoms with Crippen LogP contribution in [0.3, 0.4) is 0 Å². The largest absolute Gasteiger partial charge is 0.494 e. The summed E-state index contributed by atoms with van der Waals surface area (Å²) in [5, 5.41) is 45.3. The molecule has 1 fully saturated rings. The standard InChI is InChI=1S/C19H23N9O8.C4H8/c1-35-16-9(18-26-13(28-36-18)7-23-14(30)6-20)3-2-4-10(16)25-11(5-12(21)24-8-29)15(22)17(31)27-19(32,33)34;1-4-2-3-4/h2-5,8,22,25,32-34H,6-7,20H2,1H3,(H,23,30)(H,27,31)(H2,21,24,29);4H,2-3H2,1H3/b11-5+,22-15?;. The van der Waals surface area contributed by atoms with E-state index in [4.69, 9.17) is 41.5 Å². The number of nitrogens with zero attached hydrogens (tertiary/aromatic N) is 3. The highest BCUT2D eigenvalue weighted by molar-refractivity contribution is 6.45. The zero-order valence-electron chi connectivity index (χ0n) is 21.7. The number of carbonyl (C=O) groups is 3. The Morgan fingerprint density at radius 3 is 2.55 bits per heavy atom. The predicted molar refractivity (Wildman–Crippen MR) is 140 cm³/mol. The van der Waals surface area contributed by atoms with Crippen LogP contribution in [0.25, 0.3) is 11.5 Å². The van der Waals surface area contributed by atoms with Crippen molar-refractivity contribution in [3.8, 4) is 17.2 Å². The lowest BCUT2D eigenvalue weighted by atomic mass is 10.1. The highest BCUT2D eigenvalue weighted by Crippen LogP contribution is 2.36. The fraction of sp³-hybridized carbons (Fsp3) is 0.348. The number of hydrogen-bond acceptors (Lipinski definition) is 13. The molecule has 0 unspecified atom stereocenters. The first-order valence-electron chi connectivity index (χ1n) is 11.7. The second-order valence-electron chi connectivity index (χ2n) is 8.37. The third-order valence-electron chi connectivity index (χ3n) is 4.95. The second kappa shape index (κ2) is 14.4. The Kier molecular flexibility index (Phi) is 11.4. The average Bonchev–Trinajstić information content (AvgIpc) is 3.53. The number of ether oxygens (including phenoxy) is 1. The molecule has 1 saturated carbocycles. The molecule has 17 nitrogen and oxygen atoms in total. The van der Waals surface area contributed by atoms with Gasteiger partial charge in [0, 0.05) is 6.08 Å². The van der Waals surface area contributed by atoms with E-state index in [2.05, 4.69) is 32.7 Å². The molecule has 0 spiro atoms. The topological polar surface area (TPSA) is 284 Å². The lowest BCUT2D eigenvalue weighted by Gasteiger charge is -2.19. The molecule has 1 aliphatic rings. The van der Waals surface area contributed by atoms with Crippen LogP contribution in [0.2, 0.25) is 0 Å². The molecule has 2 aromatic rings. The Bertz CT molecular complexity index is 1280. The maximum Gasteiger partial charge on any atom is 0.369 e. The molecule has 3 rings (SSSR count). The maximum atomic E-state index is 12.2. The molecule has 3 amide bonds. The van der Waals surface area contributed by atoms with Crippen molar-refractivity contribution in [1.29, 1.82) is 5.41 Å². The predicted octanol–water partition coefficient (Wildman–Crippen LogP) is -1.73. The van der Waals surface area contributed by atoms with Crippen molar-refractivity contribution in [1.82, 2.24) is 20.8 Å². The van der Waals surface area contributed by atoms with E-state index in [9.17, 15) is 14.4 Å². The Labute approximate surface area is 227 Å². The summed E-state index contributed by atoms with van der Waals surface area (Å²) >= 11 is 0. The van der Waals surface area contributed by atoms with Crippen LogP contribution < -0.4 is 32.2 Å². The summed E-state index contributed by atoms with van der Waals surface area (Å²) in [5.41, 5.74) is 9.90. The molecule has 0 atom stereocenters. The lowest BCUT2D eigenvalue weighted by molar-refractivity contribution is -0.325. The van der Waals surface area contributed by atoms with Crippen molar-refractivity contribution in [3.05, 3.63) is 35.8 Å². The number of anilines is 1. The molecule has 1 aromatic heterocycles. The molecule has 1 aromatic carbocycles. The molecule has 0 bridgehead atoms. The number of carbonyl (C=O) groups excluding carboxylic acids is 3. The van der Waals surface area contributed by atoms with Gasteiger partial charge in [-0.15, -0.1) is 0 Å². The summed E-state index contributed by atoms with van der Waals surface area (Å²) in [4.78, 5) is 41.6. The van der Waals surface area contributed by atoms with Gasteiger partial charge in [-0.05, 0) is 18.1 Å². The minimum absolute atomic E-state index is 0.00139. The van der Waals surface area contributed by atoms with E-state index in [1.54, 1.807) is 6.07 Å². The molecular weight excluding hydrogens is 530 g/mol. The number of amidine groups is 1. The number of nitrogens with one attached hydrogen (secondary N) is 4. The van der Waals surface area contributed by atoms with Crippen LogP contribution in [0.5, 0.6) is 5.75 Å². The fourth-order valence-electron chi connectivity index (χ4n) is 2.77. The first-order chi connectivity index (χ1) is 18.9. The van der Waals surface area contributed by atoms with Crippen LogP contribution in [0.1, 0.15) is 25.6 Å². The van der Waals surface area contributed by atoms with Crippen LogP contribution in [-0.4, -0.2) is 75.0 Å². The number of para-hydroxylation sites is 1. The third-order valence-corrected chi connectivity index (χ3v) is 4.95. The Hall–Kier alpha value is -4.71. The molecule has 0 aliphatic heterocycles. The van der Waals surface area contributed by atoms with Gasteiger partial charge in [0.05, 0.1) is 37.1 Å². The molecular formula is C23H31N9O8. The van der Waals surface area contributed by atoms with Crippen molar-refractivity contribution >= 4 is 35.5 Å². The molecule has 1 aliphatic carbocycles. The highest BCUT2D eigenvalue weighted by Gasteiger charge is 2.27. The van der Waals surface area contributed by atoms with Crippen LogP contribution in [-0.2, 0) is 20.9 Å². The molecule has 1 heterocycles. The number of aliphatic hydroxyl groups is 3. The lowest BCUT2D eigenvalue weighted by Crippen LogP contribution is -2.51. The molecule has 216 valence electrons. The van der Waals surface area contributed by atoms with E-state index < -0.39 is 29.5 Å². The summed E-state index contributed by atoms with van der Waals surface area (Å²) in [6, 6.07) is 4.56. The van der Waals surface area contributed by atoms with Crippen molar-refractivity contribution < 1.29 is 39.0 Å². The quantitative estimate of drug-likeness (QED) is 0.0603. The summed E-state index contributed by atoms with van der Waals surface area (Å²) in [6.07, 6.45) is 0.423. The van der Waals surface area contributed by atoms with Crippen molar-refractivity contribution in [2.45, 2.75) is 32.4 Å². The Balaban J connectivity index is 0.00000128. The fourth-order valence-corrected chi connectivity index (χ4v) is 2.77. The zero-order valence-corrected chi connectivity index (χ0v) is 21.7. The second-order valence-corrected chi connectivity index (χ2v) is 8.37. The van der Waals surface area contributed by atoms with Crippen LogP contribution >= 0.6 is 0 Å². The SMILES string of the molecule is CC1CC1.COc1c(N/C(=C/C(N)=NC=O)C(=N)C(=O)NC(O)(O)O)cccc1-c1nc(CNC(=O)CN)no1. The van der Waals surface area contributed by atoms with Crippen molar-refractivity contribution in [2.75, 3.05) is 19.0 Å². The van der Waals surface area contributed by atoms with E-state index in [1.165, 1.54) is 37.4 Å². The van der Waals surface area contributed by atoms with Gasteiger partial charge in [-0.25, -0.2) is 0 Å². The summed E-state index contributed by atoms with van der Waals surface area (Å²) in [7, 11) is 1.31. The number of rotatable bonds is 12. The average molecular weight is 562 g/mol. The van der Waals surface area contributed by atoms with Crippen molar-refractivity contribution in [3.63, 3.8) is 0 Å². The Morgan fingerprint density at radius 1 is 1.32 bits per heavy atom. The smallest absolute Gasteiger partial charge is 0.369 e. The monoisotopic (exact) mass is 561 g/mol. The minimum atomic E-state index is -3.60. The van der Waals surface area contributed by atoms with Crippen LogP contribution in [0.15, 0.2) is 39.5 Å². The summed E-state index contributed by atoms with van der Waals surface area (Å²) in [5.74, 6) is -0.942. The summed E-state index contributed by atoms with van der Waals surface area (Å²) < 4.78 is 10.6. The van der Waals surface area contributed by atoms with Gasteiger partial charge in [0.1, 0.15) is 11.5 Å². The van der Waals surface area contributed by atoms with E-state index in [0.29, 0.717) is 0 Å².